The van der Waals surface area contributed by atoms with Crippen LogP contribution in [0.5, 0.6) is 11.5 Å². The number of fused-ring (bicyclic) bond motifs is 1. The molecule has 1 aliphatic rings. The number of esters is 1. The van der Waals surface area contributed by atoms with Gasteiger partial charge in [-0.15, -0.1) is 0 Å². The number of rotatable bonds is 8. The van der Waals surface area contributed by atoms with Crippen molar-refractivity contribution in [2.45, 2.75) is 18.2 Å². The Bertz CT molecular complexity index is 1020. The van der Waals surface area contributed by atoms with Gasteiger partial charge in [0, 0.05) is 12.1 Å². The van der Waals surface area contributed by atoms with E-state index < -0.39 is 28.4 Å². The van der Waals surface area contributed by atoms with Gasteiger partial charge >= 0.3 is 5.97 Å². The maximum Gasteiger partial charge on any atom is 0.338 e. The maximum atomic E-state index is 12.3. The average molecular weight is 419 g/mol. The number of sulfonamides is 1. The fourth-order valence-corrected chi connectivity index (χ4v) is 3.80. The minimum atomic E-state index is -3.71. The zero-order chi connectivity index (χ0) is 20.9. The smallest absolute Gasteiger partial charge is 0.338 e. The van der Waals surface area contributed by atoms with Crippen molar-refractivity contribution in [2.24, 2.45) is 0 Å². The van der Waals surface area contributed by atoms with Crippen molar-refractivity contribution in [1.82, 2.24) is 4.72 Å². The quantitative estimate of drug-likeness (QED) is 0.516. The van der Waals surface area contributed by atoms with Gasteiger partial charge in [-0.3, -0.25) is 4.79 Å². The molecule has 9 heteroatoms. The van der Waals surface area contributed by atoms with Gasteiger partial charge in [-0.1, -0.05) is 13.0 Å². The number of ether oxygens (including phenoxy) is 3. The number of hydrogen-bond donors (Lipinski definition) is 1. The molecular formula is C20H21NO7S. The molecule has 0 amide bonds. The lowest BCUT2D eigenvalue weighted by atomic mass is 10.1. The van der Waals surface area contributed by atoms with Crippen LogP contribution in [0.2, 0.25) is 0 Å². The van der Waals surface area contributed by atoms with Gasteiger partial charge in [-0.25, -0.2) is 17.9 Å². The summed E-state index contributed by atoms with van der Waals surface area (Å²) >= 11 is 0. The molecule has 0 unspecified atom stereocenters. The fourth-order valence-electron chi connectivity index (χ4n) is 2.62. The van der Waals surface area contributed by atoms with E-state index in [0.29, 0.717) is 43.2 Å². The highest BCUT2D eigenvalue weighted by Gasteiger charge is 2.19. The first-order valence-corrected chi connectivity index (χ1v) is 10.6. The molecule has 0 aliphatic carbocycles. The van der Waals surface area contributed by atoms with Gasteiger partial charge in [0.1, 0.15) is 13.2 Å². The molecule has 3 rings (SSSR count). The molecule has 0 saturated heterocycles. The molecule has 0 saturated carbocycles. The van der Waals surface area contributed by atoms with Crippen LogP contribution < -0.4 is 14.2 Å². The number of carbonyl (C=O) groups excluding carboxylic acids is 2. The molecule has 1 N–H and O–H groups in total. The number of nitrogens with one attached hydrogen (secondary N) is 1. The Balaban J connectivity index is 1.65. The standard InChI is InChI=1S/C20H21NO7S/c1-2-8-21-29(24,25)16-5-3-4-15(11-16)20(23)28-13-17(22)14-6-7-18-19(12-14)27-10-9-26-18/h3-7,11-12,21H,2,8-10,13H2,1H3. The number of Topliss-reactive ketones (excluding diaryl/α,β-unsaturated/α-hetero) is 1. The lowest BCUT2D eigenvalue weighted by molar-refractivity contribution is 0.0474. The van der Waals surface area contributed by atoms with Gasteiger partial charge in [-0.05, 0) is 42.8 Å². The maximum absolute atomic E-state index is 12.3. The van der Waals surface area contributed by atoms with Crippen LogP contribution in [0.15, 0.2) is 47.4 Å². The highest BCUT2D eigenvalue weighted by atomic mass is 32.2. The third-order valence-corrected chi connectivity index (χ3v) is 5.58. The number of carbonyl (C=O) groups is 2. The summed E-state index contributed by atoms with van der Waals surface area (Å²) in [5.74, 6) is -0.183. The Morgan fingerprint density at radius 2 is 1.79 bits per heavy atom. The van der Waals surface area contributed by atoms with Crippen LogP contribution in [-0.4, -0.2) is 46.5 Å². The van der Waals surface area contributed by atoms with E-state index in [9.17, 15) is 18.0 Å². The summed E-state index contributed by atoms with van der Waals surface area (Å²) in [6.07, 6.45) is 0.642. The van der Waals surface area contributed by atoms with Crippen LogP contribution in [-0.2, 0) is 14.8 Å². The monoisotopic (exact) mass is 419 g/mol. The van der Waals surface area contributed by atoms with Gasteiger partial charge in [0.2, 0.25) is 10.0 Å². The summed E-state index contributed by atoms with van der Waals surface area (Å²) in [4.78, 5) is 24.6. The molecule has 0 aromatic heterocycles. The van der Waals surface area contributed by atoms with Crippen molar-refractivity contribution >= 4 is 21.8 Å². The van der Waals surface area contributed by atoms with Crippen LogP contribution in [0, 0.1) is 0 Å². The lowest BCUT2D eigenvalue weighted by Crippen LogP contribution is -2.24. The molecule has 154 valence electrons. The van der Waals surface area contributed by atoms with Crippen molar-refractivity contribution in [3.8, 4) is 11.5 Å². The Morgan fingerprint density at radius 1 is 1.03 bits per heavy atom. The summed E-state index contributed by atoms with van der Waals surface area (Å²) in [6.45, 7) is 2.49. The van der Waals surface area contributed by atoms with Gasteiger partial charge in [0.25, 0.3) is 0 Å². The van der Waals surface area contributed by atoms with E-state index in [4.69, 9.17) is 14.2 Å². The second kappa shape index (κ2) is 9.06. The first-order valence-electron chi connectivity index (χ1n) is 9.10. The average Bonchev–Trinajstić information content (AvgIpc) is 2.75. The molecule has 2 aromatic rings. The second-order valence-corrected chi connectivity index (χ2v) is 8.05. The molecule has 0 bridgehead atoms. The van der Waals surface area contributed by atoms with Crippen LogP contribution in [0.1, 0.15) is 34.1 Å². The van der Waals surface area contributed by atoms with E-state index in [0.717, 1.165) is 0 Å². The van der Waals surface area contributed by atoms with Gasteiger partial charge in [0.05, 0.1) is 10.5 Å². The molecule has 0 fully saturated rings. The fraction of sp³-hybridized carbons (Fsp3) is 0.300. The molecule has 0 spiro atoms. The summed E-state index contributed by atoms with van der Waals surface area (Å²) in [7, 11) is -3.71. The molecule has 8 nitrogen and oxygen atoms in total. The van der Waals surface area contributed by atoms with E-state index in [1.807, 2.05) is 6.92 Å². The highest BCUT2D eigenvalue weighted by Crippen LogP contribution is 2.30. The van der Waals surface area contributed by atoms with Crippen LogP contribution >= 0.6 is 0 Å². The lowest BCUT2D eigenvalue weighted by Gasteiger charge is -2.18. The van der Waals surface area contributed by atoms with Crippen molar-refractivity contribution < 1.29 is 32.2 Å². The first-order chi connectivity index (χ1) is 13.9. The summed E-state index contributed by atoms with van der Waals surface area (Å²) in [6, 6.07) is 10.2. The third-order valence-electron chi connectivity index (χ3n) is 4.12. The van der Waals surface area contributed by atoms with Gasteiger partial charge in [0.15, 0.2) is 23.9 Å². The minimum Gasteiger partial charge on any atom is -0.486 e. The van der Waals surface area contributed by atoms with Crippen molar-refractivity contribution in [3.05, 3.63) is 53.6 Å². The Labute approximate surface area is 168 Å². The van der Waals surface area contributed by atoms with Crippen LogP contribution in [0.4, 0.5) is 0 Å². The SMILES string of the molecule is CCCNS(=O)(=O)c1cccc(C(=O)OCC(=O)c2ccc3c(c2)OCCO3)c1. The van der Waals surface area contributed by atoms with Crippen molar-refractivity contribution in [1.29, 1.82) is 0 Å². The van der Waals surface area contributed by atoms with E-state index >= 15 is 0 Å². The molecule has 2 aromatic carbocycles. The van der Waals surface area contributed by atoms with E-state index in [1.165, 1.54) is 30.3 Å². The van der Waals surface area contributed by atoms with Crippen molar-refractivity contribution in [3.63, 3.8) is 0 Å². The minimum absolute atomic E-state index is 0.0411. The summed E-state index contributed by atoms with van der Waals surface area (Å²) < 4.78 is 42.7. The van der Waals surface area contributed by atoms with Gasteiger partial charge in [-0.2, -0.15) is 0 Å². The summed E-state index contributed by atoms with van der Waals surface area (Å²) in [5, 5.41) is 0. The Morgan fingerprint density at radius 3 is 2.55 bits per heavy atom. The van der Waals surface area contributed by atoms with E-state index in [-0.39, 0.29) is 10.5 Å². The van der Waals surface area contributed by atoms with Crippen LogP contribution in [0.25, 0.3) is 0 Å². The molecule has 1 aliphatic heterocycles. The summed E-state index contributed by atoms with van der Waals surface area (Å²) in [5.41, 5.74) is 0.362. The molecule has 0 atom stereocenters. The van der Waals surface area contributed by atoms with Crippen molar-refractivity contribution in [2.75, 3.05) is 26.4 Å². The number of hydrogen-bond acceptors (Lipinski definition) is 7. The number of ketones is 1. The predicted octanol–water partition coefficient (Wildman–Crippen LogP) is 2.19. The second-order valence-electron chi connectivity index (χ2n) is 6.28. The van der Waals surface area contributed by atoms with E-state index in [2.05, 4.69) is 4.72 Å². The molecule has 29 heavy (non-hydrogen) atoms. The normalized spacial score (nSPS) is 13.0. The van der Waals surface area contributed by atoms with E-state index in [1.54, 1.807) is 12.1 Å². The van der Waals surface area contributed by atoms with Gasteiger partial charge < -0.3 is 14.2 Å². The largest absolute Gasteiger partial charge is 0.486 e. The predicted molar refractivity (Wildman–Crippen MR) is 104 cm³/mol. The Hall–Kier alpha value is -2.91. The topological polar surface area (TPSA) is 108 Å². The zero-order valence-electron chi connectivity index (χ0n) is 15.8. The Kier molecular flexibility index (Phi) is 6.50. The first kappa shape index (κ1) is 20.8. The van der Waals surface area contributed by atoms with Crippen LogP contribution in [0.3, 0.4) is 0 Å². The molecular weight excluding hydrogens is 398 g/mol. The molecule has 0 radical (unpaired) electrons. The molecule has 1 heterocycles. The number of benzene rings is 2. The zero-order valence-corrected chi connectivity index (χ0v) is 16.7. The highest BCUT2D eigenvalue weighted by molar-refractivity contribution is 7.89. The third kappa shape index (κ3) is 5.12.